The molecule has 0 unspecified atom stereocenters. The SMILES string of the molecule is COc1cccc([C@]2(O)CCS[C@@H]2C)c1. The molecule has 1 heterocycles. The van der Waals surface area contributed by atoms with Gasteiger partial charge in [-0.05, 0) is 29.9 Å². The highest BCUT2D eigenvalue weighted by atomic mass is 32.2. The van der Waals surface area contributed by atoms with Gasteiger partial charge in [0.1, 0.15) is 11.4 Å². The van der Waals surface area contributed by atoms with E-state index in [9.17, 15) is 5.11 Å². The molecule has 0 aliphatic carbocycles. The third kappa shape index (κ3) is 1.86. The van der Waals surface area contributed by atoms with Crippen LogP contribution in [0.3, 0.4) is 0 Å². The molecule has 1 aromatic rings. The second-order valence-corrected chi connectivity index (χ2v) is 5.37. The molecule has 1 fully saturated rings. The Balaban J connectivity index is 2.35. The third-order valence-electron chi connectivity index (χ3n) is 3.09. The van der Waals surface area contributed by atoms with Crippen LogP contribution in [0.25, 0.3) is 0 Å². The largest absolute Gasteiger partial charge is 0.497 e. The predicted molar refractivity (Wildman–Crippen MR) is 63.4 cm³/mol. The summed E-state index contributed by atoms with van der Waals surface area (Å²) < 4.78 is 5.18. The first-order valence-electron chi connectivity index (χ1n) is 5.15. The van der Waals surface area contributed by atoms with E-state index in [1.54, 1.807) is 7.11 Å². The zero-order valence-electron chi connectivity index (χ0n) is 9.06. The number of hydrogen-bond donors (Lipinski definition) is 1. The van der Waals surface area contributed by atoms with E-state index in [1.165, 1.54) is 0 Å². The Hall–Kier alpha value is -0.670. The average molecular weight is 224 g/mol. The van der Waals surface area contributed by atoms with Gasteiger partial charge in [-0.2, -0.15) is 11.8 Å². The van der Waals surface area contributed by atoms with E-state index in [1.807, 2.05) is 36.0 Å². The van der Waals surface area contributed by atoms with Crippen LogP contribution in [0.4, 0.5) is 0 Å². The van der Waals surface area contributed by atoms with Crippen molar-refractivity contribution in [3.05, 3.63) is 29.8 Å². The maximum atomic E-state index is 10.6. The van der Waals surface area contributed by atoms with Gasteiger partial charge in [0, 0.05) is 5.25 Å². The summed E-state index contributed by atoms with van der Waals surface area (Å²) in [5.74, 6) is 1.83. The number of benzene rings is 1. The van der Waals surface area contributed by atoms with Crippen LogP contribution in [0, 0.1) is 0 Å². The number of rotatable bonds is 2. The highest BCUT2D eigenvalue weighted by Gasteiger charge is 2.40. The predicted octanol–water partition coefficient (Wildman–Crippen LogP) is 2.41. The van der Waals surface area contributed by atoms with Gasteiger partial charge in [-0.1, -0.05) is 19.1 Å². The van der Waals surface area contributed by atoms with Gasteiger partial charge in [-0.3, -0.25) is 0 Å². The van der Waals surface area contributed by atoms with Gasteiger partial charge < -0.3 is 9.84 Å². The lowest BCUT2D eigenvalue weighted by molar-refractivity contribution is 0.0425. The Kier molecular flexibility index (Phi) is 2.94. The highest BCUT2D eigenvalue weighted by molar-refractivity contribution is 8.00. The molecule has 2 rings (SSSR count). The van der Waals surface area contributed by atoms with Gasteiger partial charge in [0.2, 0.25) is 0 Å². The van der Waals surface area contributed by atoms with E-state index in [2.05, 4.69) is 6.92 Å². The Labute approximate surface area is 94.6 Å². The van der Waals surface area contributed by atoms with Gasteiger partial charge in [0.15, 0.2) is 0 Å². The third-order valence-corrected chi connectivity index (χ3v) is 4.42. The maximum absolute atomic E-state index is 10.6. The lowest BCUT2D eigenvalue weighted by Crippen LogP contribution is -2.31. The first-order chi connectivity index (χ1) is 7.16. The van der Waals surface area contributed by atoms with Crippen molar-refractivity contribution in [3.8, 4) is 5.75 Å². The molecule has 1 aliphatic heterocycles. The molecule has 1 aromatic carbocycles. The van der Waals surface area contributed by atoms with E-state index >= 15 is 0 Å². The highest BCUT2D eigenvalue weighted by Crippen LogP contribution is 2.43. The number of thioether (sulfide) groups is 1. The summed E-state index contributed by atoms with van der Waals surface area (Å²) in [6.07, 6.45) is 0.825. The second kappa shape index (κ2) is 4.06. The van der Waals surface area contributed by atoms with Crippen molar-refractivity contribution in [1.29, 1.82) is 0 Å². The molecule has 0 spiro atoms. The minimum absolute atomic E-state index is 0.254. The Morgan fingerprint density at radius 1 is 1.53 bits per heavy atom. The molecular weight excluding hydrogens is 208 g/mol. The second-order valence-electron chi connectivity index (χ2n) is 3.92. The summed E-state index contributed by atoms with van der Waals surface area (Å²) in [5.41, 5.74) is 0.290. The molecule has 1 aliphatic rings. The fourth-order valence-corrected chi connectivity index (χ4v) is 3.32. The summed E-state index contributed by atoms with van der Waals surface area (Å²) in [6.45, 7) is 2.08. The molecule has 0 aromatic heterocycles. The van der Waals surface area contributed by atoms with Crippen molar-refractivity contribution in [2.24, 2.45) is 0 Å². The monoisotopic (exact) mass is 224 g/mol. The molecule has 0 amide bonds. The summed E-state index contributed by atoms with van der Waals surface area (Å²) in [4.78, 5) is 0. The molecule has 2 atom stereocenters. The molecule has 3 heteroatoms. The summed E-state index contributed by atoms with van der Waals surface area (Å²) in [5, 5.41) is 10.8. The lowest BCUT2D eigenvalue weighted by Gasteiger charge is -2.27. The Morgan fingerprint density at radius 2 is 2.33 bits per heavy atom. The first kappa shape index (κ1) is 10.8. The van der Waals surface area contributed by atoms with Crippen molar-refractivity contribution < 1.29 is 9.84 Å². The van der Waals surface area contributed by atoms with Crippen LogP contribution in [-0.4, -0.2) is 23.2 Å². The van der Waals surface area contributed by atoms with Crippen molar-refractivity contribution in [2.75, 3.05) is 12.9 Å². The molecule has 0 radical (unpaired) electrons. The average Bonchev–Trinajstić information content (AvgIpc) is 2.61. The van der Waals surface area contributed by atoms with E-state index in [-0.39, 0.29) is 5.25 Å². The quantitative estimate of drug-likeness (QED) is 0.836. The molecule has 15 heavy (non-hydrogen) atoms. The number of aliphatic hydroxyl groups is 1. The minimum Gasteiger partial charge on any atom is -0.497 e. The number of hydrogen-bond acceptors (Lipinski definition) is 3. The van der Waals surface area contributed by atoms with E-state index in [0.717, 1.165) is 23.5 Å². The van der Waals surface area contributed by atoms with Crippen LogP contribution in [-0.2, 0) is 5.60 Å². The molecule has 1 N–H and O–H groups in total. The topological polar surface area (TPSA) is 29.5 Å². The van der Waals surface area contributed by atoms with Crippen LogP contribution in [0.1, 0.15) is 18.9 Å². The standard InChI is InChI=1S/C12H16O2S/c1-9-12(13,6-7-15-9)10-4-3-5-11(8-10)14-2/h3-5,8-9,13H,6-7H2,1-2H3/t9-,12+/m1/s1. The lowest BCUT2D eigenvalue weighted by atomic mass is 9.88. The van der Waals surface area contributed by atoms with Crippen LogP contribution in [0.5, 0.6) is 5.75 Å². The zero-order valence-corrected chi connectivity index (χ0v) is 9.88. The van der Waals surface area contributed by atoms with Crippen molar-refractivity contribution in [2.45, 2.75) is 24.2 Å². The fourth-order valence-electron chi connectivity index (χ4n) is 2.00. The minimum atomic E-state index is -0.681. The summed E-state index contributed by atoms with van der Waals surface area (Å²) in [6, 6.07) is 7.74. The number of methoxy groups -OCH3 is 1. The smallest absolute Gasteiger partial charge is 0.119 e. The van der Waals surface area contributed by atoms with Crippen LogP contribution in [0.2, 0.25) is 0 Å². The normalized spacial score (nSPS) is 30.5. The van der Waals surface area contributed by atoms with E-state index in [0.29, 0.717) is 0 Å². The Bertz CT molecular complexity index is 353. The molecular formula is C12H16O2S. The Morgan fingerprint density at radius 3 is 2.93 bits per heavy atom. The molecule has 1 saturated heterocycles. The molecule has 0 bridgehead atoms. The fraction of sp³-hybridized carbons (Fsp3) is 0.500. The van der Waals surface area contributed by atoms with Crippen LogP contribution in [0.15, 0.2) is 24.3 Å². The first-order valence-corrected chi connectivity index (χ1v) is 6.20. The van der Waals surface area contributed by atoms with Gasteiger partial charge >= 0.3 is 0 Å². The van der Waals surface area contributed by atoms with Crippen LogP contribution < -0.4 is 4.74 Å². The van der Waals surface area contributed by atoms with Gasteiger partial charge in [0.05, 0.1) is 7.11 Å². The molecule has 0 saturated carbocycles. The van der Waals surface area contributed by atoms with Gasteiger partial charge in [-0.25, -0.2) is 0 Å². The summed E-state index contributed by atoms with van der Waals surface area (Å²) >= 11 is 1.82. The zero-order chi connectivity index (χ0) is 10.9. The maximum Gasteiger partial charge on any atom is 0.119 e. The number of ether oxygens (including phenoxy) is 1. The summed E-state index contributed by atoms with van der Waals surface area (Å²) in [7, 11) is 1.65. The van der Waals surface area contributed by atoms with Crippen LogP contribution >= 0.6 is 11.8 Å². The van der Waals surface area contributed by atoms with Gasteiger partial charge in [-0.15, -0.1) is 0 Å². The van der Waals surface area contributed by atoms with Gasteiger partial charge in [0.25, 0.3) is 0 Å². The van der Waals surface area contributed by atoms with Crippen molar-refractivity contribution in [3.63, 3.8) is 0 Å². The molecule has 82 valence electrons. The van der Waals surface area contributed by atoms with Crippen molar-refractivity contribution in [1.82, 2.24) is 0 Å². The van der Waals surface area contributed by atoms with E-state index < -0.39 is 5.60 Å². The van der Waals surface area contributed by atoms with E-state index in [4.69, 9.17) is 4.74 Å². The van der Waals surface area contributed by atoms with Crippen molar-refractivity contribution >= 4 is 11.8 Å². The molecule has 2 nitrogen and oxygen atoms in total.